The number of fused-ring (bicyclic) bond motifs is 1. The van der Waals surface area contributed by atoms with Crippen molar-refractivity contribution in [2.45, 2.75) is 32.0 Å². The summed E-state index contributed by atoms with van der Waals surface area (Å²) in [7, 11) is 0. The fraction of sp³-hybridized carbons (Fsp3) is 0.192. The zero-order chi connectivity index (χ0) is 23.2. The van der Waals surface area contributed by atoms with Crippen molar-refractivity contribution in [1.29, 1.82) is 0 Å². The van der Waals surface area contributed by atoms with Crippen molar-refractivity contribution in [2.75, 3.05) is 0 Å². The van der Waals surface area contributed by atoms with E-state index in [9.17, 15) is 18.0 Å². The molecule has 1 N–H and O–H groups in total. The van der Waals surface area contributed by atoms with Crippen LogP contribution in [0.5, 0.6) is 0 Å². The van der Waals surface area contributed by atoms with E-state index in [1.54, 1.807) is 6.20 Å². The maximum absolute atomic E-state index is 12.9. The lowest BCUT2D eigenvalue weighted by molar-refractivity contribution is -0.137. The van der Waals surface area contributed by atoms with Gasteiger partial charge in [0.15, 0.2) is 0 Å². The number of carbonyl (C=O) groups is 1. The van der Waals surface area contributed by atoms with Crippen LogP contribution in [0.15, 0.2) is 66.9 Å². The molecule has 0 saturated heterocycles. The van der Waals surface area contributed by atoms with Crippen LogP contribution in [-0.4, -0.2) is 22.1 Å². The monoisotopic (exact) mass is 447 g/mol. The van der Waals surface area contributed by atoms with Gasteiger partial charge in [-0.25, -0.2) is 0 Å². The summed E-state index contributed by atoms with van der Waals surface area (Å²) in [6.45, 7) is 1.99. The molecule has 166 valence electrons. The number of hydrogen-bond acceptors (Lipinski definition) is 3. The molecule has 1 saturated carbocycles. The number of halogens is 3. The Bertz CT molecular complexity index is 1360. The zero-order valence-corrected chi connectivity index (χ0v) is 17.8. The Labute approximate surface area is 188 Å². The summed E-state index contributed by atoms with van der Waals surface area (Å²) in [4.78, 5) is 12.5. The van der Waals surface area contributed by atoms with Gasteiger partial charge in [0.25, 0.3) is 5.91 Å². The fourth-order valence-electron chi connectivity index (χ4n) is 3.86. The fourth-order valence-corrected chi connectivity index (χ4v) is 3.86. The van der Waals surface area contributed by atoms with Crippen molar-refractivity contribution in [3.63, 3.8) is 0 Å². The van der Waals surface area contributed by atoms with Gasteiger partial charge in [0.05, 0.1) is 11.8 Å². The molecule has 1 aliphatic rings. The average Bonchev–Trinajstić information content (AvgIpc) is 3.62. The van der Waals surface area contributed by atoms with Gasteiger partial charge in [-0.3, -0.25) is 4.79 Å². The van der Waals surface area contributed by atoms with Crippen molar-refractivity contribution in [2.24, 2.45) is 0 Å². The van der Waals surface area contributed by atoms with Crippen LogP contribution in [0.4, 0.5) is 13.2 Å². The number of benzene rings is 3. The molecule has 1 aromatic heterocycles. The number of nitrogens with zero attached hydrogens (tertiary/aromatic N) is 2. The standard InChI is InChI=1S/C26H20F3N3O/c1-15-2-3-18(25(33)31-21-9-10-21)13-23(15)17-6-11-22-19(12-17)14-30-32-24(22)16-4-7-20(8-5-16)26(27,28)29/h2-8,11-14,21H,9-10H2,1H3,(H,31,33). The van der Waals surface area contributed by atoms with Gasteiger partial charge < -0.3 is 5.32 Å². The number of aryl methyl sites for hydroxylation is 1. The highest BCUT2D eigenvalue weighted by atomic mass is 19.4. The lowest BCUT2D eigenvalue weighted by atomic mass is 9.95. The molecule has 7 heteroatoms. The molecule has 0 bridgehead atoms. The van der Waals surface area contributed by atoms with Crippen molar-refractivity contribution < 1.29 is 18.0 Å². The summed E-state index contributed by atoms with van der Waals surface area (Å²) in [6, 6.07) is 16.6. The first-order valence-electron chi connectivity index (χ1n) is 10.6. The highest BCUT2D eigenvalue weighted by Gasteiger charge is 2.30. The van der Waals surface area contributed by atoms with Crippen LogP contribution < -0.4 is 5.32 Å². The van der Waals surface area contributed by atoms with Gasteiger partial charge in [0, 0.05) is 27.9 Å². The van der Waals surface area contributed by atoms with Gasteiger partial charge in [-0.2, -0.15) is 18.3 Å². The molecule has 4 aromatic rings. The topological polar surface area (TPSA) is 54.9 Å². The minimum Gasteiger partial charge on any atom is -0.349 e. The largest absolute Gasteiger partial charge is 0.416 e. The molecule has 0 unspecified atom stereocenters. The van der Waals surface area contributed by atoms with E-state index >= 15 is 0 Å². The third-order valence-corrected chi connectivity index (χ3v) is 5.87. The summed E-state index contributed by atoms with van der Waals surface area (Å²) < 4.78 is 38.7. The molecule has 4 nitrogen and oxygen atoms in total. The summed E-state index contributed by atoms with van der Waals surface area (Å²) >= 11 is 0. The predicted octanol–water partition coefficient (Wildman–Crippen LogP) is 6.18. The van der Waals surface area contributed by atoms with Crippen molar-refractivity contribution in [1.82, 2.24) is 15.5 Å². The van der Waals surface area contributed by atoms with Crippen LogP contribution in [-0.2, 0) is 6.18 Å². The highest BCUT2D eigenvalue weighted by Crippen LogP contribution is 2.34. The predicted molar refractivity (Wildman–Crippen MR) is 121 cm³/mol. The molecule has 0 atom stereocenters. The second-order valence-corrected chi connectivity index (χ2v) is 8.35. The number of hydrogen-bond donors (Lipinski definition) is 1. The molecule has 0 radical (unpaired) electrons. The minimum atomic E-state index is -4.39. The molecule has 5 rings (SSSR count). The van der Waals surface area contributed by atoms with Crippen LogP contribution in [0.1, 0.15) is 34.3 Å². The molecular formula is C26H20F3N3O. The molecule has 1 heterocycles. The molecule has 33 heavy (non-hydrogen) atoms. The van der Waals surface area contributed by atoms with Crippen molar-refractivity contribution in [3.05, 3.63) is 83.6 Å². The van der Waals surface area contributed by atoms with E-state index in [4.69, 9.17) is 0 Å². The van der Waals surface area contributed by atoms with Crippen LogP contribution in [0.2, 0.25) is 0 Å². The van der Waals surface area contributed by atoms with E-state index in [2.05, 4.69) is 15.5 Å². The first-order chi connectivity index (χ1) is 15.8. The molecule has 0 aliphatic heterocycles. The average molecular weight is 447 g/mol. The second-order valence-electron chi connectivity index (χ2n) is 8.35. The summed E-state index contributed by atoms with van der Waals surface area (Å²) in [5, 5.41) is 12.8. The van der Waals surface area contributed by atoms with E-state index in [0.29, 0.717) is 16.8 Å². The normalized spacial score (nSPS) is 13.8. The van der Waals surface area contributed by atoms with E-state index in [-0.39, 0.29) is 11.9 Å². The SMILES string of the molecule is Cc1ccc(C(=O)NC2CC2)cc1-c1ccc2c(-c3ccc(C(F)(F)F)cc3)nncc2c1. The minimum absolute atomic E-state index is 0.0741. The maximum Gasteiger partial charge on any atom is 0.416 e. The Morgan fingerprint density at radius 2 is 1.70 bits per heavy atom. The van der Waals surface area contributed by atoms with Crippen LogP contribution in [0.3, 0.4) is 0 Å². The van der Waals surface area contributed by atoms with Gasteiger partial charge in [0.1, 0.15) is 5.69 Å². The summed E-state index contributed by atoms with van der Waals surface area (Å²) in [6.07, 6.45) is -0.708. The van der Waals surface area contributed by atoms with Crippen LogP contribution >= 0.6 is 0 Å². The van der Waals surface area contributed by atoms with Gasteiger partial charge >= 0.3 is 6.18 Å². The van der Waals surface area contributed by atoms with Gasteiger partial charge in [-0.1, -0.05) is 30.3 Å². The number of carbonyl (C=O) groups excluding carboxylic acids is 1. The second kappa shape index (κ2) is 7.99. The molecule has 1 aliphatic carbocycles. The highest BCUT2D eigenvalue weighted by molar-refractivity contribution is 5.98. The third-order valence-electron chi connectivity index (χ3n) is 5.87. The smallest absolute Gasteiger partial charge is 0.349 e. The first kappa shape index (κ1) is 21.1. The van der Waals surface area contributed by atoms with E-state index in [0.717, 1.165) is 52.4 Å². The van der Waals surface area contributed by atoms with E-state index < -0.39 is 11.7 Å². The van der Waals surface area contributed by atoms with Crippen LogP contribution in [0.25, 0.3) is 33.2 Å². The maximum atomic E-state index is 12.9. The Hall–Kier alpha value is -3.74. The number of rotatable bonds is 4. The number of aromatic nitrogens is 2. The molecule has 3 aromatic carbocycles. The quantitative estimate of drug-likeness (QED) is 0.406. The van der Waals surface area contributed by atoms with Gasteiger partial charge in [-0.05, 0) is 66.8 Å². The van der Waals surface area contributed by atoms with E-state index in [1.165, 1.54) is 12.1 Å². The Kier molecular flexibility index (Phi) is 5.12. The Morgan fingerprint density at radius 1 is 0.970 bits per heavy atom. The number of nitrogens with one attached hydrogen (secondary N) is 1. The summed E-state index contributed by atoms with van der Waals surface area (Å²) in [5.74, 6) is -0.0741. The van der Waals surface area contributed by atoms with Crippen LogP contribution in [0, 0.1) is 6.92 Å². The lowest BCUT2D eigenvalue weighted by Crippen LogP contribution is -2.25. The molecular weight excluding hydrogens is 427 g/mol. The number of alkyl halides is 3. The molecule has 1 fully saturated rings. The van der Waals surface area contributed by atoms with Crippen molar-refractivity contribution in [3.8, 4) is 22.4 Å². The Morgan fingerprint density at radius 3 is 2.39 bits per heavy atom. The van der Waals surface area contributed by atoms with E-state index in [1.807, 2.05) is 43.3 Å². The number of amides is 1. The van der Waals surface area contributed by atoms with Crippen molar-refractivity contribution >= 4 is 16.7 Å². The molecule has 0 spiro atoms. The third kappa shape index (κ3) is 4.31. The summed E-state index contributed by atoms with van der Waals surface area (Å²) in [5.41, 5.74) is 3.87. The first-order valence-corrected chi connectivity index (χ1v) is 10.6. The zero-order valence-electron chi connectivity index (χ0n) is 17.8. The van der Waals surface area contributed by atoms with Gasteiger partial charge in [0.2, 0.25) is 0 Å². The lowest BCUT2D eigenvalue weighted by Gasteiger charge is -2.12. The Balaban J connectivity index is 1.52. The van der Waals surface area contributed by atoms with Gasteiger partial charge in [-0.15, -0.1) is 5.10 Å². The molecule has 1 amide bonds.